The highest BCUT2D eigenvalue weighted by Gasteiger charge is 2.57. The van der Waals surface area contributed by atoms with E-state index in [2.05, 4.69) is 10.6 Å². The third-order valence-electron chi connectivity index (χ3n) is 6.66. The molecule has 3 amide bonds. The molecule has 0 radical (unpaired) electrons. The van der Waals surface area contributed by atoms with Crippen LogP contribution in [0.4, 0.5) is 16.2 Å². The third kappa shape index (κ3) is 2.98. The fourth-order valence-electron chi connectivity index (χ4n) is 4.95. The summed E-state index contributed by atoms with van der Waals surface area (Å²) in [6.45, 7) is 2.92. The lowest BCUT2D eigenvalue weighted by molar-refractivity contribution is -0.122. The summed E-state index contributed by atoms with van der Waals surface area (Å²) in [6, 6.07) is 18.6. The predicted molar refractivity (Wildman–Crippen MR) is 126 cm³/mol. The number of amides is 3. The summed E-state index contributed by atoms with van der Waals surface area (Å²) in [7, 11) is 0. The highest BCUT2D eigenvalue weighted by Crippen LogP contribution is 2.54. The molecule has 2 N–H and O–H groups in total. The summed E-state index contributed by atoms with van der Waals surface area (Å²) in [4.78, 5) is 28.1. The van der Waals surface area contributed by atoms with Gasteiger partial charge in [0.05, 0.1) is 0 Å². The van der Waals surface area contributed by atoms with Gasteiger partial charge in [-0.05, 0) is 36.2 Å². The summed E-state index contributed by atoms with van der Waals surface area (Å²) < 4.78 is 17.0. The zero-order chi connectivity index (χ0) is 23.3. The monoisotopic (exact) mass is 457 g/mol. The second-order valence-electron chi connectivity index (χ2n) is 8.57. The van der Waals surface area contributed by atoms with Crippen molar-refractivity contribution in [1.82, 2.24) is 5.32 Å². The largest absolute Gasteiger partial charge is 0.491 e. The number of nitrogens with one attached hydrogen (secondary N) is 2. The number of carbonyl (C=O) groups is 2. The Morgan fingerprint density at radius 2 is 1.74 bits per heavy atom. The van der Waals surface area contributed by atoms with E-state index in [4.69, 9.17) is 14.2 Å². The summed E-state index contributed by atoms with van der Waals surface area (Å²) in [5.41, 5.74) is 3.27. The van der Waals surface area contributed by atoms with Crippen LogP contribution >= 0.6 is 0 Å². The quantitative estimate of drug-likeness (QED) is 0.625. The van der Waals surface area contributed by atoms with Crippen molar-refractivity contribution in [3.05, 3.63) is 77.4 Å². The van der Waals surface area contributed by atoms with Crippen molar-refractivity contribution in [2.45, 2.75) is 12.3 Å². The molecule has 6 rings (SSSR count). The molecule has 1 unspecified atom stereocenters. The number of nitrogens with zero attached hydrogens (tertiary/aromatic N) is 1. The lowest BCUT2D eigenvalue weighted by Crippen LogP contribution is -2.45. The molecular formula is C26H23N3O5. The van der Waals surface area contributed by atoms with Crippen LogP contribution in [0, 0.1) is 6.92 Å². The van der Waals surface area contributed by atoms with Crippen LogP contribution in [0.3, 0.4) is 0 Å². The highest BCUT2D eigenvalue weighted by molar-refractivity contribution is 6.11. The number of fused-ring (bicyclic) bond motifs is 5. The van der Waals surface area contributed by atoms with Crippen LogP contribution in [0.1, 0.15) is 16.7 Å². The zero-order valence-corrected chi connectivity index (χ0v) is 18.6. The van der Waals surface area contributed by atoms with Gasteiger partial charge in [0.2, 0.25) is 12.7 Å². The molecule has 0 bridgehead atoms. The normalized spacial score (nSPS) is 19.1. The minimum absolute atomic E-state index is 0.0765. The van der Waals surface area contributed by atoms with E-state index < -0.39 is 5.41 Å². The summed E-state index contributed by atoms with van der Waals surface area (Å²) in [5, 5.41) is 5.71. The SMILES string of the molecule is Cc1ccccc1NC(=O)NCCN1C(=O)C2(COc3cc4c(cc32)OCO4)c2ccccc21. The van der Waals surface area contributed by atoms with Gasteiger partial charge in [0.1, 0.15) is 17.8 Å². The number of ether oxygens (including phenoxy) is 3. The van der Waals surface area contributed by atoms with Gasteiger partial charge in [0, 0.05) is 36.1 Å². The Kier molecular flexibility index (Phi) is 4.62. The second kappa shape index (κ2) is 7.69. The molecule has 3 aliphatic heterocycles. The Hall–Kier alpha value is -4.20. The average Bonchev–Trinajstić information content (AvgIpc) is 3.51. The topological polar surface area (TPSA) is 89.1 Å². The van der Waals surface area contributed by atoms with E-state index in [1.165, 1.54) is 0 Å². The third-order valence-corrected chi connectivity index (χ3v) is 6.66. The van der Waals surface area contributed by atoms with Crippen LogP contribution in [0.25, 0.3) is 0 Å². The Labute approximate surface area is 196 Å². The maximum atomic E-state index is 13.9. The number of aryl methyl sites for hydroxylation is 1. The highest BCUT2D eigenvalue weighted by atomic mass is 16.7. The molecule has 34 heavy (non-hydrogen) atoms. The van der Waals surface area contributed by atoms with Crippen molar-refractivity contribution in [1.29, 1.82) is 0 Å². The van der Waals surface area contributed by atoms with E-state index in [0.717, 1.165) is 28.1 Å². The predicted octanol–water partition coefficient (Wildman–Crippen LogP) is 3.57. The van der Waals surface area contributed by atoms with E-state index in [9.17, 15) is 9.59 Å². The Balaban J connectivity index is 1.24. The molecule has 172 valence electrons. The van der Waals surface area contributed by atoms with Gasteiger partial charge in [-0.25, -0.2) is 4.79 Å². The first-order valence-corrected chi connectivity index (χ1v) is 11.2. The van der Waals surface area contributed by atoms with Gasteiger partial charge in [-0.1, -0.05) is 36.4 Å². The fourth-order valence-corrected chi connectivity index (χ4v) is 4.95. The number of hydrogen-bond acceptors (Lipinski definition) is 5. The molecule has 0 aromatic heterocycles. The molecule has 0 saturated carbocycles. The van der Waals surface area contributed by atoms with E-state index in [1.807, 2.05) is 61.5 Å². The lowest BCUT2D eigenvalue weighted by Gasteiger charge is -2.23. The van der Waals surface area contributed by atoms with Gasteiger partial charge in [0.25, 0.3) is 0 Å². The van der Waals surface area contributed by atoms with Gasteiger partial charge in [-0.3, -0.25) is 4.79 Å². The molecule has 3 aromatic carbocycles. The molecule has 0 aliphatic carbocycles. The van der Waals surface area contributed by atoms with Crippen molar-refractivity contribution in [2.75, 3.05) is 36.7 Å². The molecule has 3 heterocycles. The van der Waals surface area contributed by atoms with Crippen LogP contribution in [0.5, 0.6) is 17.2 Å². The number of anilines is 2. The van der Waals surface area contributed by atoms with Crippen LogP contribution in [0.2, 0.25) is 0 Å². The summed E-state index contributed by atoms with van der Waals surface area (Å²) >= 11 is 0. The minimum Gasteiger partial charge on any atom is -0.491 e. The first kappa shape index (κ1) is 20.4. The van der Waals surface area contributed by atoms with Crippen LogP contribution in [0.15, 0.2) is 60.7 Å². The van der Waals surface area contributed by atoms with E-state index in [1.54, 1.807) is 11.0 Å². The number of urea groups is 1. The molecule has 3 aromatic rings. The van der Waals surface area contributed by atoms with Crippen LogP contribution in [-0.2, 0) is 10.2 Å². The molecular weight excluding hydrogens is 434 g/mol. The average molecular weight is 457 g/mol. The van der Waals surface area contributed by atoms with E-state index >= 15 is 0 Å². The van der Waals surface area contributed by atoms with Gasteiger partial charge in [-0.15, -0.1) is 0 Å². The maximum Gasteiger partial charge on any atom is 0.319 e. The first-order valence-electron chi connectivity index (χ1n) is 11.2. The van der Waals surface area contributed by atoms with Crippen molar-refractivity contribution < 1.29 is 23.8 Å². The number of benzene rings is 3. The molecule has 8 nitrogen and oxygen atoms in total. The zero-order valence-electron chi connectivity index (χ0n) is 18.6. The van der Waals surface area contributed by atoms with E-state index in [-0.39, 0.29) is 25.3 Å². The second-order valence-corrected chi connectivity index (χ2v) is 8.57. The molecule has 8 heteroatoms. The van der Waals surface area contributed by atoms with Gasteiger partial charge in [0.15, 0.2) is 11.5 Å². The lowest BCUT2D eigenvalue weighted by atomic mass is 9.77. The van der Waals surface area contributed by atoms with Gasteiger partial charge < -0.3 is 29.7 Å². The Morgan fingerprint density at radius 3 is 2.59 bits per heavy atom. The van der Waals surface area contributed by atoms with Crippen LogP contribution in [-0.4, -0.2) is 38.4 Å². The molecule has 1 spiro atoms. The number of carbonyl (C=O) groups excluding carboxylic acids is 2. The van der Waals surface area contributed by atoms with Gasteiger partial charge >= 0.3 is 6.03 Å². The maximum absolute atomic E-state index is 13.9. The van der Waals surface area contributed by atoms with Crippen LogP contribution < -0.4 is 29.7 Å². The van der Waals surface area contributed by atoms with E-state index in [0.29, 0.717) is 30.3 Å². The Morgan fingerprint density at radius 1 is 0.971 bits per heavy atom. The fraction of sp³-hybridized carbons (Fsp3) is 0.231. The number of rotatable bonds is 4. The number of hydrogen-bond donors (Lipinski definition) is 2. The van der Waals surface area contributed by atoms with Crippen molar-refractivity contribution in [2.24, 2.45) is 0 Å². The molecule has 0 fully saturated rings. The molecule has 3 aliphatic rings. The number of para-hydroxylation sites is 2. The summed E-state index contributed by atoms with van der Waals surface area (Å²) in [5.74, 6) is 1.79. The van der Waals surface area contributed by atoms with Crippen molar-refractivity contribution in [3.63, 3.8) is 0 Å². The first-order chi connectivity index (χ1) is 16.6. The summed E-state index contributed by atoms with van der Waals surface area (Å²) in [6.07, 6.45) is 0. The molecule has 1 atom stereocenters. The van der Waals surface area contributed by atoms with Gasteiger partial charge in [-0.2, -0.15) is 0 Å². The van der Waals surface area contributed by atoms with Crippen molar-refractivity contribution in [3.8, 4) is 17.2 Å². The minimum atomic E-state index is -0.948. The molecule has 0 saturated heterocycles. The van der Waals surface area contributed by atoms with Crippen molar-refractivity contribution >= 4 is 23.3 Å². The smallest absolute Gasteiger partial charge is 0.319 e. The standard InChI is InChI=1S/C26H23N3O5/c1-16-6-2-4-8-19(16)28-25(31)27-10-11-29-20-9-5-3-7-17(20)26(24(29)30)14-32-21-13-23-22(12-18(21)26)33-15-34-23/h2-9,12-13H,10-11,14-15H2,1H3,(H2,27,28,31). The Bertz CT molecular complexity index is 1320.